The van der Waals surface area contributed by atoms with Crippen LogP contribution in [0.3, 0.4) is 0 Å². The fraction of sp³-hybridized carbons (Fsp3) is 0.0625. The van der Waals surface area contributed by atoms with Gasteiger partial charge in [-0.2, -0.15) is 31.2 Å². The third kappa shape index (κ3) is 4.07. The molecule has 0 aliphatic heterocycles. The molecular formula is C16H9Cl3F3N3O2S. The highest BCUT2D eigenvalue weighted by molar-refractivity contribution is 7.92. The van der Waals surface area contributed by atoms with Gasteiger partial charge in [-0.05, 0) is 30.3 Å². The Kier molecular flexibility index (Phi) is 5.55. The van der Waals surface area contributed by atoms with Crippen LogP contribution in [-0.2, 0) is 16.2 Å². The number of benzene rings is 2. The van der Waals surface area contributed by atoms with Crippen LogP contribution in [-0.4, -0.2) is 18.3 Å². The van der Waals surface area contributed by atoms with Crippen molar-refractivity contribution in [1.82, 2.24) is 9.89 Å². The highest BCUT2D eigenvalue weighted by Crippen LogP contribution is 2.41. The van der Waals surface area contributed by atoms with E-state index in [0.29, 0.717) is 10.9 Å². The predicted octanol–water partition coefficient (Wildman–Crippen LogP) is 5.46. The summed E-state index contributed by atoms with van der Waals surface area (Å²) >= 11 is 18.1. The maximum atomic E-state index is 13.2. The number of hydrogen-bond donors (Lipinski definition) is 1. The average Bonchev–Trinajstić information content (AvgIpc) is 3.03. The Labute approximate surface area is 172 Å². The third-order valence-electron chi connectivity index (χ3n) is 3.56. The standard InChI is InChI=1S/C16H9Cl3F3N3O2S/c17-10-6-7-11(18)15(19)14(10)12-8-13(16(20,21)22)23-25(12)24-28(26,27)9-4-2-1-3-5-9/h1-8,24H. The molecule has 148 valence electrons. The summed E-state index contributed by atoms with van der Waals surface area (Å²) in [5.41, 5.74) is -1.77. The summed E-state index contributed by atoms with van der Waals surface area (Å²) in [7, 11) is -4.25. The number of rotatable bonds is 4. The zero-order chi connectivity index (χ0) is 20.7. The molecule has 0 radical (unpaired) electrons. The van der Waals surface area contributed by atoms with Crippen molar-refractivity contribution in [2.75, 3.05) is 4.83 Å². The Balaban J connectivity index is 2.20. The van der Waals surface area contributed by atoms with Gasteiger partial charge in [0.25, 0.3) is 10.0 Å². The smallest absolute Gasteiger partial charge is 0.200 e. The fourth-order valence-electron chi connectivity index (χ4n) is 2.30. The largest absolute Gasteiger partial charge is 0.435 e. The van der Waals surface area contributed by atoms with E-state index in [1.54, 1.807) is 6.07 Å². The van der Waals surface area contributed by atoms with Gasteiger partial charge >= 0.3 is 6.18 Å². The van der Waals surface area contributed by atoms with Crippen molar-refractivity contribution in [3.8, 4) is 11.3 Å². The Morgan fingerprint density at radius 1 is 0.964 bits per heavy atom. The Morgan fingerprint density at radius 2 is 1.57 bits per heavy atom. The highest BCUT2D eigenvalue weighted by Gasteiger charge is 2.36. The fourth-order valence-corrected chi connectivity index (χ4v) is 4.00. The molecule has 28 heavy (non-hydrogen) atoms. The molecule has 0 saturated carbocycles. The van der Waals surface area contributed by atoms with E-state index in [-0.39, 0.29) is 31.2 Å². The van der Waals surface area contributed by atoms with Crippen LogP contribution in [0.5, 0.6) is 0 Å². The number of halogens is 6. The van der Waals surface area contributed by atoms with Crippen molar-refractivity contribution >= 4 is 44.8 Å². The second-order valence-corrected chi connectivity index (χ2v) is 8.30. The second-order valence-electron chi connectivity index (χ2n) is 5.45. The first-order valence-electron chi connectivity index (χ1n) is 7.40. The van der Waals surface area contributed by atoms with Gasteiger partial charge in [0.1, 0.15) is 0 Å². The van der Waals surface area contributed by atoms with E-state index < -0.39 is 21.9 Å². The van der Waals surface area contributed by atoms with Crippen LogP contribution < -0.4 is 4.83 Å². The van der Waals surface area contributed by atoms with Crippen LogP contribution in [0.15, 0.2) is 53.4 Å². The summed E-state index contributed by atoms with van der Waals surface area (Å²) in [5.74, 6) is 0. The summed E-state index contributed by atoms with van der Waals surface area (Å²) < 4.78 is 64.6. The molecule has 0 amide bonds. The summed E-state index contributed by atoms with van der Waals surface area (Å²) in [4.78, 5) is 2.27. The lowest BCUT2D eigenvalue weighted by atomic mass is 10.1. The molecule has 0 unspecified atom stereocenters. The topological polar surface area (TPSA) is 64.0 Å². The predicted molar refractivity (Wildman–Crippen MR) is 101 cm³/mol. The molecule has 0 atom stereocenters. The lowest BCUT2D eigenvalue weighted by molar-refractivity contribution is -0.141. The maximum Gasteiger partial charge on any atom is 0.435 e. The number of aromatic nitrogens is 2. The monoisotopic (exact) mass is 469 g/mol. The van der Waals surface area contributed by atoms with Gasteiger partial charge in [0, 0.05) is 5.56 Å². The van der Waals surface area contributed by atoms with Gasteiger partial charge in [0.2, 0.25) is 0 Å². The molecule has 0 bridgehead atoms. The molecule has 2 aromatic carbocycles. The Morgan fingerprint density at radius 3 is 2.18 bits per heavy atom. The number of hydrogen-bond acceptors (Lipinski definition) is 3. The van der Waals surface area contributed by atoms with E-state index in [1.165, 1.54) is 36.4 Å². The zero-order valence-corrected chi connectivity index (χ0v) is 16.6. The van der Waals surface area contributed by atoms with Gasteiger partial charge in [0.15, 0.2) is 5.69 Å². The van der Waals surface area contributed by atoms with Gasteiger partial charge in [-0.25, -0.2) is 0 Å². The molecule has 0 aliphatic carbocycles. The van der Waals surface area contributed by atoms with Crippen LogP contribution in [0, 0.1) is 0 Å². The summed E-state index contributed by atoms with van der Waals surface area (Å²) in [6.45, 7) is 0. The summed E-state index contributed by atoms with van der Waals surface area (Å²) in [5, 5.41) is 3.15. The van der Waals surface area contributed by atoms with E-state index in [1.807, 2.05) is 4.83 Å². The van der Waals surface area contributed by atoms with Gasteiger partial charge in [-0.1, -0.05) is 53.0 Å². The molecule has 5 nitrogen and oxygen atoms in total. The lowest BCUT2D eigenvalue weighted by Crippen LogP contribution is -2.25. The first-order valence-corrected chi connectivity index (χ1v) is 10.0. The Bertz CT molecular complexity index is 1130. The van der Waals surface area contributed by atoms with Crippen LogP contribution in [0.4, 0.5) is 13.2 Å². The minimum Gasteiger partial charge on any atom is -0.200 e. The van der Waals surface area contributed by atoms with E-state index in [4.69, 9.17) is 34.8 Å². The molecule has 0 aliphatic rings. The first-order chi connectivity index (χ1) is 13.0. The van der Waals surface area contributed by atoms with Gasteiger partial charge < -0.3 is 0 Å². The SMILES string of the molecule is O=S(=O)(Nn1nc(C(F)(F)F)cc1-c1c(Cl)ccc(Cl)c1Cl)c1ccccc1. The van der Waals surface area contributed by atoms with Crippen LogP contribution in [0.2, 0.25) is 15.1 Å². The van der Waals surface area contributed by atoms with E-state index in [9.17, 15) is 21.6 Å². The summed E-state index contributed by atoms with van der Waals surface area (Å²) in [6.07, 6.45) is -4.84. The third-order valence-corrected chi connectivity index (χ3v) is 5.99. The number of alkyl halides is 3. The van der Waals surface area contributed by atoms with Crippen molar-refractivity contribution in [2.24, 2.45) is 0 Å². The highest BCUT2D eigenvalue weighted by atomic mass is 35.5. The maximum absolute atomic E-state index is 13.2. The van der Waals surface area contributed by atoms with Crippen molar-refractivity contribution < 1.29 is 21.6 Å². The Hall–Kier alpha value is -1.94. The van der Waals surface area contributed by atoms with Crippen molar-refractivity contribution in [2.45, 2.75) is 11.1 Å². The molecular weight excluding hydrogens is 462 g/mol. The minimum atomic E-state index is -4.84. The minimum absolute atomic E-state index is 0.0216. The molecule has 0 fully saturated rings. The normalized spacial score (nSPS) is 12.2. The molecule has 1 aromatic heterocycles. The van der Waals surface area contributed by atoms with Crippen LogP contribution in [0.1, 0.15) is 5.69 Å². The molecule has 3 aromatic rings. The molecule has 1 N–H and O–H groups in total. The van der Waals surface area contributed by atoms with Crippen molar-refractivity contribution in [3.63, 3.8) is 0 Å². The average molecular weight is 471 g/mol. The van der Waals surface area contributed by atoms with Gasteiger partial charge in [0.05, 0.1) is 25.7 Å². The first kappa shape index (κ1) is 20.8. The molecule has 12 heteroatoms. The molecule has 3 rings (SSSR count). The number of nitrogens with one attached hydrogen (secondary N) is 1. The van der Waals surface area contributed by atoms with E-state index >= 15 is 0 Å². The van der Waals surface area contributed by atoms with Crippen LogP contribution >= 0.6 is 34.8 Å². The lowest BCUT2D eigenvalue weighted by Gasteiger charge is -2.13. The van der Waals surface area contributed by atoms with Gasteiger partial charge in [-0.15, -0.1) is 5.10 Å². The van der Waals surface area contributed by atoms with Crippen molar-refractivity contribution in [3.05, 3.63) is 69.3 Å². The molecule has 0 spiro atoms. The second kappa shape index (κ2) is 7.47. The van der Waals surface area contributed by atoms with E-state index in [0.717, 1.165) is 0 Å². The van der Waals surface area contributed by atoms with Crippen LogP contribution in [0.25, 0.3) is 11.3 Å². The van der Waals surface area contributed by atoms with E-state index in [2.05, 4.69) is 5.10 Å². The zero-order valence-electron chi connectivity index (χ0n) is 13.5. The number of sulfonamides is 1. The molecule has 1 heterocycles. The van der Waals surface area contributed by atoms with Gasteiger partial charge in [-0.3, -0.25) is 0 Å². The quantitative estimate of drug-likeness (QED) is 0.515. The molecule has 0 saturated heterocycles. The summed E-state index contributed by atoms with van der Waals surface area (Å²) in [6, 6.07) is 10.4. The number of nitrogens with zero attached hydrogens (tertiary/aromatic N) is 2. The van der Waals surface area contributed by atoms with Crippen molar-refractivity contribution in [1.29, 1.82) is 0 Å².